The number of amides is 1. The van der Waals surface area contributed by atoms with Crippen molar-refractivity contribution < 1.29 is 22.4 Å². The molecule has 2 aromatic carbocycles. The van der Waals surface area contributed by atoms with E-state index in [2.05, 4.69) is 10.3 Å². The highest BCUT2D eigenvalue weighted by molar-refractivity contribution is 6.04. The molecule has 1 aliphatic rings. The smallest absolute Gasteiger partial charge is 0.355 e. The van der Waals surface area contributed by atoms with Crippen LogP contribution < -0.4 is 5.32 Å². The number of hydrogen-bond acceptors (Lipinski definition) is 2. The van der Waals surface area contributed by atoms with Crippen LogP contribution in [0.2, 0.25) is 0 Å². The van der Waals surface area contributed by atoms with Crippen molar-refractivity contribution in [2.24, 2.45) is 4.99 Å². The van der Waals surface area contributed by atoms with Crippen LogP contribution in [-0.4, -0.2) is 19.2 Å². The van der Waals surface area contributed by atoms with E-state index in [1.807, 2.05) is 0 Å². The SMILES string of the molecule is CNC(=O)c1ccc(F)cc1-c1cc(C(F)(F)F)cc2c1C=NC2. The second kappa shape index (κ2) is 5.74. The number of fused-ring (bicyclic) bond motifs is 1. The summed E-state index contributed by atoms with van der Waals surface area (Å²) in [6.45, 7) is 0.122. The van der Waals surface area contributed by atoms with E-state index in [9.17, 15) is 22.4 Å². The van der Waals surface area contributed by atoms with Gasteiger partial charge in [0.05, 0.1) is 12.1 Å². The summed E-state index contributed by atoms with van der Waals surface area (Å²) >= 11 is 0. The van der Waals surface area contributed by atoms with Crippen LogP contribution in [0.5, 0.6) is 0 Å². The summed E-state index contributed by atoms with van der Waals surface area (Å²) in [4.78, 5) is 16.0. The Kier molecular flexibility index (Phi) is 3.87. The predicted octanol–water partition coefficient (Wildman–Crippen LogP) is 3.80. The molecule has 1 aliphatic heterocycles. The number of nitrogens with zero attached hydrogens (tertiary/aromatic N) is 1. The molecule has 1 amide bonds. The van der Waals surface area contributed by atoms with Crippen molar-refractivity contribution in [2.75, 3.05) is 7.05 Å². The molecular formula is C17H12F4N2O. The summed E-state index contributed by atoms with van der Waals surface area (Å²) < 4.78 is 53.2. The van der Waals surface area contributed by atoms with Crippen LogP contribution >= 0.6 is 0 Å². The van der Waals surface area contributed by atoms with Gasteiger partial charge >= 0.3 is 6.18 Å². The maximum absolute atomic E-state index is 13.7. The fourth-order valence-corrected chi connectivity index (χ4v) is 2.69. The zero-order chi connectivity index (χ0) is 17.5. The second-order valence-electron chi connectivity index (χ2n) is 5.33. The van der Waals surface area contributed by atoms with E-state index in [0.29, 0.717) is 11.1 Å². The zero-order valence-electron chi connectivity index (χ0n) is 12.5. The monoisotopic (exact) mass is 336 g/mol. The van der Waals surface area contributed by atoms with Gasteiger partial charge in [-0.15, -0.1) is 0 Å². The summed E-state index contributed by atoms with van der Waals surface area (Å²) in [5.74, 6) is -1.15. The van der Waals surface area contributed by atoms with Gasteiger partial charge < -0.3 is 5.32 Å². The fraction of sp³-hybridized carbons (Fsp3) is 0.176. The maximum Gasteiger partial charge on any atom is 0.416 e. The lowest BCUT2D eigenvalue weighted by atomic mass is 9.91. The minimum atomic E-state index is -4.55. The van der Waals surface area contributed by atoms with Crippen molar-refractivity contribution in [2.45, 2.75) is 12.7 Å². The van der Waals surface area contributed by atoms with E-state index >= 15 is 0 Å². The Balaban J connectivity index is 2.30. The molecule has 0 aromatic heterocycles. The molecule has 0 saturated heterocycles. The second-order valence-corrected chi connectivity index (χ2v) is 5.33. The van der Waals surface area contributed by atoms with Crippen molar-refractivity contribution >= 4 is 12.1 Å². The van der Waals surface area contributed by atoms with E-state index in [1.54, 1.807) is 0 Å². The lowest BCUT2D eigenvalue weighted by molar-refractivity contribution is -0.137. The van der Waals surface area contributed by atoms with Crippen molar-refractivity contribution in [3.05, 3.63) is 58.4 Å². The number of halogens is 4. The van der Waals surface area contributed by atoms with E-state index in [4.69, 9.17) is 0 Å². The molecule has 124 valence electrons. The number of nitrogens with one attached hydrogen (secondary N) is 1. The standard InChI is InChI=1S/C17H12F4N2O/c1-22-16(24)12-3-2-11(18)6-14(12)13-5-10(17(19,20)21)4-9-7-23-8-15(9)13/h2-6,8H,7H2,1H3,(H,22,24). The first-order valence-corrected chi connectivity index (χ1v) is 7.07. The van der Waals surface area contributed by atoms with Gasteiger partial charge in [0.15, 0.2) is 0 Å². The third kappa shape index (κ3) is 2.77. The van der Waals surface area contributed by atoms with E-state index < -0.39 is 23.5 Å². The Labute approximate surface area is 135 Å². The van der Waals surface area contributed by atoms with Gasteiger partial charge in [-0.1, -0.05) is 0 Å². The number of carbonyl (C=O) groups excluding carboxylic acids is 1. The Morgan fingerprint density at radius 1 is 1.17 bits per heavy atom. The minimum absolute atomic E-state index is 0.0979. The minimum Gasteiger partial charge on any atom is -0.355 e. The average Bonchev–Trinajstić information content (AvgIpc) is 3.00. The molecule has 0 aliphatic carbocycles. The molecule has 0 atom stereocenters. The summed E-state index contributed by atoms with van der Waals surface area (Å²) in [5, 5.41) is 2.41. The van der Waals surface area contributed by atoms with Crippen molar-refractivity contribution in [3.63, 3.8) is 0 Å². The third-order valence-corrected chi connectivity index (χ3v) is 3.82. The Morgan fingerprint density at radius 3 is 2.58 bits per heavy atom. The van der Waals surface area contributed by atoms with Crippen molar-refractivity contribution in [3.8, 4) is 11.1 Å². The van der Waals surface area contributed by atoms with Crippen LogP contribution in [-0.2, 0) is 12.7 Å². The fourth-order valence-electron chi connectivity index (χ4n) is 2.69. The molecule has 0 unspecified atom stereocenters. The molecule has 24 heavy (non-hydrogen) atoms. The van der Waals surface area contributed by atoms with E-state index in [-0.39, 0.29) is 23.2 Å². The molecule has 0 spiro atoms. The van der Waals surface area contributed by atoms with Gasteiger partial charge in [-0.2, -0.15) is 13.2 Å². The van der Waals surface area contributed by atoms with Crippen molar-refractivity contribution in [1.82, 2.24) is 5.32 Å². The predicted molar refractivity (Wildman–Crippen MR) is 81.5 cm³/mol. The molecule has 0 bridgehead atoms. The number of aliphatic imine (C=N–C) groups is 1. The number of benzene rings is 2. The normalized spacial score (nSPS) is 13.0. The Hall–Kier alpha value is -2.70. The maximum atomic E-state index is 13.7. The highest BCUT2D eigenvalue weighted by atomic mass is 19.4. The summed E-state index contributed by atoms with van der Waals surface area (Å²) in [6.07, 6.45) is -3.10. The lowest BCUT2D eigenvalue weighted by Gasteiger charge is -2.15. The van der Waals surface area contributed by atoms with Crippen LogP contribution in [0.1, 0.15) is 27.0 Å². The quantitative estimate of drug-likeness (QED) is 0.833. The van der Waals surface area contributed by atoms with Crippen LogP contribution in [0.15, 0.2) is 35.3 Å². The molecule has 0 fully saturated rings. The van der Waals surface area contributed by atoms with Gasteiger partial charge in [0.1, 0.15) is 5.82 Å². The van der Waals surface area contributed by atoms with Crippen LogP contribution in [0.25, 0.3) is 11.1 Å². The third-order valence-electron chi connectivity index (χ3n) is 3.82. The Morgan fingerprint density at radius 2 is 1.92 bits per heavy atom. The van der Waals surface area contributed by atoms with Crippen LogP contribution in [0.4, 0.5) is 17.6 Å². The van der Waals surface area contributed by atoms with Crippen LogP contribution in [0.3, 0.4) is 0 Å². The van der Waals surface area contributed by atoms with Crippen molar-refractivity contribution in [1.29, 1.82) is 0 Å². The Bertz CT molecular complexity index is 856. The molecular weight excluding hydrogens is 324 g/mol. The first-order valence-electron chi connectivity index (χ1n) is 7.07. The average molecular weight is 336 g/mol. The van der Waals surface area contributed by atoms with E-state index in [0.717, 1.165) is 24.3 Å². The number of hydrogen-bond donors (Lipinski definition) is 1. The molecule has 3 nitrogen and oxygen atoms in total. The molecule has 0 saturated carbocycles. The topological polar surface area (TPSA) is 41.5 Å². The molecule has 3 rings (SSSR count). The molecule has 1 N–H and O–H groups in total. The highest BCUT2D eigenvalue weighted by Gasteiger charge is 2.33. The van der Waals surface area contributed by atoms with Gasteiger partial charge in [0, 0.05) is 24.4 Å². The first-order chi connectivity index (χ1) is 11.3. The molecule has 1 heterocycles. The van der Waals surface area contributed by atoms with Gasteiger partial charge in [0.25, 0.3) is 5.91 Å². The summed E-state index contributed by atoms with van der Waals surface area (Å²) in [5.41, 5.74) is 0.351. The zero-order valence-corrected chi connectivity index (χ0v) is 12.5. The van der Waals surface area contributed by atoms with Gasteiger partial charge in [-0.3, -0.25) is 9.79 Å². The van der Waals surface area contributed by atoms with Crippen LogP contribution in [0, 0.1) is 5.82 Å². The number of rotatable bonds is 2. The number of alkyl halides is 3. The molecule has 7 heteroatoms. The molecule has 0 radical (unpaired) electrons. The first kappa shape index (κ1) is 16.2. The van der Waals surface area contributed by atoms with Gasteiger partial charge in [0.2, 0.25) is 0 Å². The number of carbonyl (C=O) groups is 1. The van der Waals surface area contributed by atoms with Gasteiger partial charge in [-0.05, 0) is 47.0 Å². The molecule has 2 aromatic rings. The summed E-state index contributed by atoms with van der Waals surface area (Å²) in [7, 11) is 1.40. The summed E-state index contributed by atoms with van der Waals surface area (Å²) in [6, 6.07) is 5.37. The highest BCUT2D eigenvalue weighted by Crippen LogP contribution is 2.38. The lowest BCUT2D eigenvalue weighted by Crippen LogP contribution is -2.19. The van der Waals surface area contributed by atoms with Gasteiger partial charge in [-0.25, -0.2) is 4.39 Å². The van der Waals surface area contributed by atoms with E-state index in [1.165, 1.54) is 19.3 Å². The largest absolute Gasteiger partial charge is 0.416 e.